The van der Waals surface area contributed by atoms with Crippen LogP contribution < -0.4 is 15.6 Å². The second-order valence-electron chi connectivity index (χ2n) is 5.89. The largest absolute Gasteiger partial charge is 0.494 e. The number of pyridine rings is 1. The molecule has 2 N–H and O–H groups in total. The molecular formula is C19H22N2O5. The minimum atomic E-state index is -0.986. The van der Waals surface area contributed by atoms with E-state index in [1.165, 1.54) is 22.9 Å². The fourth-order valence-electron chi connectivity index (χ4n) is 2.47. The summed E-state index contributed by atoms with van der Waals surface area (Å²) >= 11 is 0. The average molecular weight is 358 g/mol. The Bertz CT molecular complexity index is 827. The lowest BCUT2D eigenvalue weighted by Crippen LogP contribution is -2.34. The zero-order valence-electron chi connectivity index (χ0n) is 14.8. The number of aryl methyl sites for hydroxylation is 1. The minimum absolute atomic E-state index is 0.00970. The molecule has 0 saturated carbocycles. The summed E-state index contributed by atoms with van der Waals surface area (Å²) in [5, 5.41) is 12.0. The molecule has 0 radical (unpaired) electrons. The number of rotatable bonds is 8. The van der Waals surface area contributed by atoms with Gasteiger partial charge in [0.2, 0.25) is 5.56 Å². The lowest BCUT2D eigenvalue weighted by Gasteiger charge is -2.14. The van der Waals surface area contributed by atoms with E-state index in [4.69, 9.17) is 4.74 Å². The van der Waals surface area contributed by atoms with Crippen LogP contribution in [0.2, 0.25) is 0 Å². The summed E-state index contributed by atoms with van der Waals surface area (Å²) in [5.74, 6) is -1.44. The van der Waals surface area contributed by atoms with Crippen molar-refractivity contribution < 1.29 is 19.4 Å². The zero-order valence-corrected chi connectivity index (χ0v) is 14.8. The number of hydrogen-bond acceptors (Lipinski definition) is 4. The number of carboxylic acid groups (broad SMARTS) is 1. The van der Waals surface area contributed by atoms with Gasteiger partial charge in [-0.1, -0.05) is 12.1 Å². The van der Waals surface area contributed by atoms with E-state index in [2.05, 4.69) is 5.32 Å². The highest BCUT2D eigenvalue weighted by molar-refractivity contribution is 5.94. The first kappa shape index (κ1) is 19.2. The molecule has 0 saturated heterocycles. The first-order valence-electron chi connectivity index (χ1n) is 8.30. The summed E-state index contributed by atoms with van der Waals surface area (Å²) in [6, 6.07) is 9.93. The monoisotopic (exact) mass is 358 g/mol. The molecular weight excluding hydrogens is 336 g/mol. The average Bonchev–Trinajstić information content (AvgIpc) is 2.62. The topological polar surface area (TPSA) is 97.6 Å². The Morgan fingerprint density at radius 1 is 1.19 bits per heavy atom. The van der Waals surface area contributed by atoms with Crippen molar-refractivity contribution in [3.8, 4) is 5.75 Å². The molecule has 1 aromatic heterocycles. The van der Waals surface area contributed by atoms with E-state index in [9.17, 15) is 19.5 Å². The van der Waals surface area contributed by atoms with Crippen molar-refractivity contribution >= 4 is 11.9 Å². The molecule has 1 amide bonds. The summed E-state index contributed by atoms with van der Waals surface area (Å²) in [6.07, 6.45) is 1.70. The predicted octanol–water partition coefficient (Wildman–Crippen LogP) is 1.46. The highest BCUT2D eigenvalue weighted by atomic mass is 16.5. The predicted molar refractivity (Wildman–Crippen MR) is 96.5 cm³/mol. The van der Waals surface area contributed by atoms with E-state index in [1.807, 2.05) is 19.1 Å². The molecule has 1 unspecified atom stereocenters. The number of carbonyl (C=O) groups is 2. The van der Waals surface area contributed by atoms with Gasteiger partial charge < -0.3 is 19.7 Å². The smallest absolute Gasteiger partial charge is 0.308 e. The molecule has 0 spiro atoms. The molecule has 2 aromatic rings. The number of nitrogens with one attached hydrogen (secondary N) is 1. The molecule has 0 bridgehead atoms. The number of benzene rings is 1. The molecule has 0 aliphatic rings. The van der Waals surface area contributed by atoms with Crippen LogP contribution in [-0.2, 0) is 18.3 Å². The third-order valence-corrected chi connectivity index (χ3v) is 3.92. The maximum Gasteiger partial charge on any atom is 0.308 e. The van der Waals surface area contributed by atoms with Crippen molar-refractivity contribution in [3.63, 3.8) is 0 Å². The fourth-order valence-corrected chi connectivity index (χ4v) is 2.47. The van der Waals surface area contributed by atoms with E-state index in [-0.39, 0.29) is 18.5 Å². The molecule has 7 heteroatoms. The third-order valence-electron chi connectivity index (χ3n) is 3.92. The molecule has 26 heavy (non-hydrogen) atoms. The summed E-state index contributed by atoms with van der Waals surface area (Å²) < 4.78 is 6.66. The first-order chi connectivity index (χ1) is 12.4. The van der Waals surface area contributed by atoms with Crippen molar-refractivity contribution in [3.05, 3.63) is 64.1 Å². The van der Waals surface area contributed by atoms with Gasteiger partial charge in [-0.3, -0.25) is 14.4 Å². The van der Waals surface area contributed by atoms with Crippen LogP contribution in [0.25, 0.3) is 0 Å². The van der Waals surface area contributed by atoms with Crippen LogP contribution in [0.5, 0.6) is 5.75 Å². The third kappa shape index (κ3) is 5.20. The molecule has 1 atom stereocenters. The summed E-state index contributed by atoms with van der Waals surface area (Å²) in [5.41, 5.74) is 0.926. The van der Waals surface area contributed by atoms with Crippen LogP contribution in [0.3, 0.4) is 0 Å². The van der Waals surface area contributed by atoms with E-state index >= 15 is 0 Å². The van der Waals surface area contributed by atoms with Crippen LogP contribution >= 0.6 is 0 Å². The van der Waals surface area contributed by atoms with Crippen LogP contribution in [0, 0.1) is 5.92 Å². The molecule has 138 valence electrons. The van der Waals surface area contributed by atoms with Crippen LogP contribution in [0.15, 0.2) is 47.4 Å². The molecule has 0 fully saturated rings. The van der Waals surface area contributed by atoms with Crippen molar-refractivity contribution in [1.29, 1.82) is 0 Å². The number of hydrogen-bond donors (Lipinski definition) is 2. The van der Waals surface area contributed by atoms with E-state index in [1.54, 1.807) is 19.2 Å². The normalized spacial score (nSPS) is 11.6. The van der Waals surface area contributed by atoms with E-state index in [0.717, 1.165) is 11.3 Å². The van der Waals surface area contributed by atoms with Gasteiger partial charge in [-0.15, -0.1) is 0 Å². The first-order valence-corrected chi connectivity index (χ1v) is 8.30. The quantitative estimate of drug-likeness (QED) is 0.744. The van der Waals surface area contributed by atoms with Gasteiger partial charge in [-0.05, 0) is 37.1 Å². The summed E-state index contributed by atoms with van der Waals surface area (Å²) in [7, 11) is 1.55. The Morgan fingerprint density at radius 3 is 2.46 bits per heavy atom. The number of nitrogens with zero attached hydrogens (tertiary/aromatic N) is 1. The number of carbonyl (C=O) groups excluding carboxylic acids is 1. The van der Waals surface area contributed by atoms with Crippen LogP contribution in [0.1, 0.15) is 22.8 Å². The Kier molecular flexibility index (Phi) is 6.54. The Labute approximate surface area is 151 Å². The maximum absolute atomic E-state index is 12.2. The summed E-state index contributed by atoms with van der Waals surface area (Å²) in [6.45, 7) is 2.44. The van der Waals surface area contributed by atoms with Crippen molar-refractivity contribution in [2.24, 2.45) is 13.0 Å². The number of carboxylic acids is 1. The fraction of sp³-hybridized carbons (Fsp3) is 0.316. The van der Waals surface area contributed by atoms with Gasteiger partial charge in [-0.25, -0.2) is 0 Å². The van der Waals surface area contributed by atoms with E-state index in [0.29, 0.717) is 12.2 Å². The van der Waals surface area contributed by atoms with Crippen molar-refractivity contribution in [2.45, 2.75) is 13.3 Å². The minimum Gasteiger partial charge on any atom is -0.494 e. The van der Waals surface area contributed by atoms with Gasteiger partial charge in [0.1, 0.15) is 5.75 Å². The second-order valence-corrected chi connectivity index (χ2v) is 5.89. The number of ether oxygens (including phenoxy) is 1. The van der Waals surface area contributed by atoms with Gasteiger partial charge in [-0.2, -0.15) is 0 Å². The molecule has 1 aromatic carbocycles. The number of amides is 1. The molecule has 0 aliphatic carbocycles. The number of aromatic nitrogens is 1. The number of aliphatic carboxylic acids is 1. The van der Waals surface area contributed by atoms with Gasteiger partial charge in [0, 0.05) is 25.9 Å². The van der Waals surface area contributed by atoms with E-state index < -0.39 is 17.8 Å². The van der Waals surface area contributed by atoms with Gasteiger partial charge >= 0.3 is 5.97 Å². The van der Waals surface area contributed by atoms with Gasteiger partial charge in [0.15, 0.2) is 0 Å². The Hall–Kier alpha value is -3.09. The molecule has 1 heterocycles. The van der Waals surface area contributed by atoms with Crippen molar-refractivity contribution in [2.75, 3.05) is 13.2 Å². The highest BCUT2D eigenvalue weighted by Gasteiger charge is 2.19. The Balaban J connectivity index is 1.99. The standard InChI is InChI=1S/C19H22N2O5/c1-3-26-16-7-4-13(5-8-16)10-15(19(24)25)11-20-18(23)14-6-9-17(22)21(2)12-14/h4-9,12,15H,3,10-11H2,1-2H3,(H,20,23)(H,24,25). The Morgan fingerprint density at radius 2 is 1.88 bits per heavy atom. The summed E-state index contributed by atoms with van der Waals surface area (Å²) in [4.78, 5) is 35.0. The second kappa shape index (κ2) is 8.84. The molecule has 0 aliphatic heterocycles. The SMILES string of the molecule is CCOc1ccc(CC(CNC(=O)c2ccc(=O)n(C)c2)C(=O)O)cc1. The lowest BCUT2D eigenvalue weighted by atomic mass is 9.99. The zero-order chi connectivity index (χ0) is 19.1. The van der Waals surface area contributed by atoms with Crippen LogP contribution in [-0.4, -0.2) is 34.7 Å². The van der Waals surface area contributed by atoms with Gasteiger partial charge in [0.05, 0.1) is 18.1 Å². The highest BCUT2D eigenvalue weighted by Crippen LogP contribution is 2.15. The lowest BCUT2D eigenvalue weighted by molar-refractivity contribution is -0.141. The maximum atomic E-state index is 12.2. The molecule has 7 nitrogen and oxygen atoms in total. The van der Waals surface area contributed by atoms with Gasteiger partial charge in [0.25, 0.3) is 5.91 Å². The van der Waals surface area contributed by atoms with Crippen LogP contribution in [0.4, 0.5) is 0 Å². The van der Waals surface area contributed by atoms with Crippen molar-refractivity contribution in [1.82, 2.24) is 9.88 Å². The molecule has 2 rings (SSSR count).